The molecule has 20 heavy (non-hydrogen) atoms. The van der Waals surface area contributed by atoms with Crippen LogP contribution in [-0.2, 0) is 0 Å². The quantitative estimate of drug-likeness (QED) is 0.558. The van der Waals surface area contributed by atoms with Gasteiger partial charge in [-0.25, -0.2) is 0 Å². The standard InChI is InChI=1S/C20H18/c1-15-11-13-18(14-12-15)20-10-6-9-19(16(20)2)17-7-4-3-5-8-17/h3-14H,1-2H3. The molecule has 0 spiro atoms. The number of hydrogen-bond donors (Lipinski definition) is 0. The first kappa shape index (κ1) is 12.7. The lowest BCUT2D eigenvalue weighted by molar-refractivity contribution is 1.42. The van der Waals surface area contributed by atoms with E-state index in [1.165, 1.54) is 33.4 Å². The Labute approximate surface area is 120 Å². The Kier molecular flexibility index (Phi) is 3.39. The molecule has 3 rings (SSSR count). The fourth-order valence-corrected chi connectivity index (χ4v) is 2.61. The second-order valence-electron chi connectivity index (χ2n) is 5.21. The van der Waals surface area contributed by atoms with Crippen molar-refractivity contribution in [1.82, 2.24) is 0 Å². The number of rotatable bonds is 2. The van der Waals surface area contributed by atoms with Crippen LogP contribution >= 0.6 is 0 Å². The molecule has 0 N–H and O–H groups in total. The van der Waals surface area contributed by atoms with E-state index in [1.807, 2.05) is 0 Å². The third-order valence-electron chi connectivity index (χ3n) is 3.78. The average Bonchev–Trinajstić information content (AvgIpc) is 2.49. The average molecular weight is 258 g/mol. The molecule has 3 aromatic carbocycles. The summed E-state index contributed by atoms with van der Waals surface area (Å²) in [6.07, 6.45) is 0. The van der Waals surface area contributed by atoms with Crippen molar-refractivity contribution >= 4 is 0 Å². The molecule has 98 valence electrons. The van der Waals surface area contributed by atoms with Gasteiger partial charge in [0, 0.05) is 0 Å². The summed E-state index contributed by atoms with van der Waals surface area (Å²) in [4.78, 5) is 0. The van der Waals surface area contributed by atoms with Gasteiger partial charge in [-0.15, -0.1) is 0 Å². The summed E-state index contributed by atoms with van der Waals surface area (Å²) in [7, 11) is 0. The molecule has 0 saturated heterocycles. The summed E-state index contributed by atoms with van der Waals surface area (Å²) in [6, 6.07) is 25.9. The molecule has 0 fully saturated rings. The molecular weight excluding hydrogens is 240 g/mol. The molecule has 0 radical (unpaired) electrons. The van der Waals surface area contributed by atoms with Crippen LogP contribution in [0.25, 0.3) is 22.3 Å². The minimum atomic E-state index is 1.28. The molecule has 0 heteroatoms. The largest absolute Gasteiger partial charge is 0.0622 e. The molecular formula is C20H18. The number of hydrogen-bond acceptors (Lipinski definition) is 0. The summed E-state index contributed by atoms with van der Waals surface area (Å²) in [5.74, 6) is 0. The zero-order valence-electron chi connectivity index (χ0n) is 11.9. The summed E-state index contributed by atoms with van der Waals surface area (Å²) in [5.41, 5.74) is 7.81. The van der Waals surface area contributed by atoms with E-state index in [1.54, 1.807) is 0 Å². The second-order valence-corrected chi connectivity index (χ2v) is 5.21. The fourth-order valence-electron chi connectivity index (χ4n) is 2.61. The van der Waals surface area contributed by atoms with E-state index >= 15 is 0 Å². The molecule has 0 saturated carbocycles. The smallest absolute Gasteiger partial charge is 0.0149 e. The maximum atomic E-state index is 2.21. The summed E-state index contributed by atoms with van der Waals surface area (Å²) >= 11 is 0. The lowest BCUT2D eigenvalue weighted by atomic mass is 9.92. The molecule has 0 heterocycles. The first-order valence-corrected chi connectivity index (χ1v) is 6.98. The molecule has 0 amide bonds. The lowest BCUT2D eigenvalue weighted by Crippen LogP contribution is -1.88. The molecule has 0 unspecified atom stereocenters. The minimum absolute atomic E-state index is 1.28. The predicted molar refractivity (Wildman–Crippen MR) is 86.8 cm³/mol. The molecule has 0 bridgehead atoms. The summed E-state index contributed by atoms with van der Waals surface area (Å²) < 4.78 is 0. The van der Waals surface area contributed by atoms with Gasteiger partial charge >= 0.3 is 0 Å². The lowest BCUT2D eigenvalue weighted by Gasteiger charge is -2.12. The number of aryl methyl sites for hydroxylation is 1. The fraction of sp³-hybridized carbons (Fsp3) is 0.100. The van der Waals surface area contributed by atoms with Crippen molar-refractivity contribution in [3.63, 3.8) is 0 Å². The van der Waals surface area contributed by atoms with Crippen LogP contribution in [0.2, 0.25) is 0 Å². The van der Waals surface area contributed by atoms with E-state index in [0.717, 1.165) is 0 Å². The van der Waals surface area contributed by atoms with Crippen molar-refractivity contribution in [2.24, 2.45) is 0 Å². The van der Waals surface area contributed by atoms with Gasteiger partial charge < -0.3 is 0 Å². The van der Waals surface area contributed by atoms with E-state index in [0.29, 0.717) is 0 Å². The second kappa shape index (κ2) is 5.34. The Hall–Kier alpha value is -2.34. The molecule has 0 atom stereocenters. The third-order valence-corrected chi connectivity index (χ3v) is 3.78. The highest BCUT2D eigenvalue weighted by Crippen LogP contribution is 2.31. The zero-order valence-corrected chi connectivity index (χ0v) is 11.9. The summed E-state index contributed by atoms with van der Waals surface area (Å²) in [6.45, 7) is 4.33. The Bertz CT molecular complexity index is 707. The van der Waals surface area contributed by atoms with Crippen LogP contribution < -0.4 is 0 Å². The van der Waals surface area contributed by atoms with Crippen LogP contribution in [0.4, 0.5) is 0 Å². The normalized spacial score (nSPS) is 10.5. The van der Waals surface area contributed by atoms with Crippen LogP contribution in [0.15, 0.2) is 72.8 Å². The van der Waals surface area contributed by atoms with E-state index in [-0.39, 0.29) is 0 Å². The van der Waals surface area contributed by atoms with Crippen LogP contribution in [0.5, 0.6) is 0 Å². The van der Waals surface area contributed by atoms with Crippen LogP contribution in [-0.4, -0.2) is 0 Å². The van der Waals surface area contributed by atoms with Gasteiger partial charge in [0.2, 0.25) is 0 Å². The van der Waals surface area contributed by atoms with Crippen LogP contribution in [0, 0.1) is 13.8 Å². The van der Waals surface area contributed by atoms with E-state index in [4.69, 9.17) is 0 Å². The van der Waals surface area contributed by atoms with Crippen molar-refractivity contribution < 1.29 is 0 Å². The zero-order chi connectivity index (χ0) is 13.9. The first-order chi connectivity index (χ1) is 9.75. The SMILES string of the molecule is Cc1ccc(-c2cccc(-c3ccccc3)c2C)cc1. The molecule has 0 nitrogen and oxygen atoms in total. The van der Waals surface area contributed by atoms with Crippen LogP contribution in [0.3, 0.4) is 0 Å². The van der Waals surface area contributed by atoms with Gasteiger partial charge in [-0.05, 0) is 41.7 Å². The van der Waals surface area contributed by atoms with Gasteiger partial charge in [0.25, 0.3) is 0 Å². The van der Waals surface area contributed by atoms with Gasteiger partial charge in [-0.3, -0.25) is 0 Å². The van der Waals surface area contributed by atoms with Gasteiger partial charge in [0.05, 0.1) is 0 Å². The van der Waals surface area contributed by atoms with Crippen molar-refractivity contribution in [3.05, 3.63) is 83.9 Å². The minimum Gasteiger partial charge on any atom is -0.0622 e. The molecule has 0 aliphatic carbocycles. The van der Waals surface area contributed by atoms with Crippen molar-refractivity contribution in [2.75, 3.05) is 0 Å². The topological polar surface area (TPSA) is 0 Å². The predicted octanol–water partition coefficient (Wildman–Crippen LogP) is 5.64. The highest BCUT2D eigenvalue weighted by molar-refractivity contribution is 5.78. The van der Waals surface area contributed by atoms with Gasteiger partial charge in [0.15, 0.2) is 0 Å². The third kappa shape index (κ3) is 2.37. The Balaban J connectivity index is 2.13. The van der Waals surface area contributed by atoms with Gasteiger partial charge in [-0.1, -0.05) is 78.4 Å². The maximum absolute atomic E-state index is 2.21. The molecule has 3 aromatic rings. The molecule has 0 aliphatic rings. The molecule has 0 aliphatic heterocycles. The van der Waals surface area contributed by atoms with Crippen LogP contribution in [0.1, 0.15) is 11.1 Å². The Morgan fingerprint density at radius 2 is 1.05 bits per heavy atom. The highest BCUT2D eigenvalue weighted by Gasteiger charge is 2.07. The Morgan fingerprint density at radius 1 is 0.500 bits per heavy atom. The van der Waals surface area contributed by atoms with Gasteiger partial charge in [0.1, 0.15) is 0 Å². The van der Waals surface area contributed by atoms with Gasteiger partial charge in [-0.2, -0.15) is 0 Å². The maximum Gasteiger partial charge on any atom is -0.0149 e. The Morgan fingerprint density at radius 3 is 1.65 bits per heavy atom. The monoisotopic (exact) mass is 258 g/mol. The van der Waals surface area contributed by atoms with Crippen molar-refractivity contribution in [1.29, 1.82) is 0 Å². The van der Waals surface area contributed by atoms with Crippen molar-refractivity contribution in [2.45, 2.75) is 13.8 Å². The molecule has 0 aromatic heterocycles. The van der Waals surface area contributed by atoms with E-state index in [2.05, 4.69) is 86.6 Å². The van der Waals surface area contributed by atoms with E-state index in [9.17, 15) is 0 Å². The number of benzene rings is 3. The van der Waals surface area contributed by atoms with E-state index < -0.39 is 0 Å². The highest BCUT2D eigenvalue weighted by atomic mass is 14.1. The summed E-state index contributed by atoms with van der Waals surface area (Å²) in [5, 5.41) is 0. The van der Waals surface area contributed by atoms with Crippen molar-refractivity contribution in [3.8, 4) is 22.3 Å². The first-order valence-electron chi connectivity index (χ1n) is 6.98.